The SMILES string of the molecule is Cc1cc(C)c2ccc3c(C)c(C)cnc3c2n1. The lowest BCUT2D eigenvalue weighted by atomic mass is 10.0. The Morgan fingerprint density at radius 3 is 2.33 bits per heavy atom. The van der Waals surface area contributed by atoms with Crippen LogP contribution in [0.1, 0.15) is 22.4 Å². The van der Waals surface area contributed by atoms with Crippen molar-refractivity contribution in [2.75, 3.05) is 0 Å². The summed E-state index contributed by atoms with van der Waals surface area (Å²) in [5, 5.41) is 2.41. The summed E-state index contributed by atoms with van der Waals surface area (Å²) in [6, 6.07) is 6.44. The minimum atomic E-state index is 1.02. The highest BCUT2D eigenvalue weighted by Crippen LogP contribution is 2.27. The molecule has 0 bridgehead atoms. The van der Waals surface area contributed by atoms with Crippen molar-refractivity contribution < 1.29 is 0 Å². The fourth-order valence-corrected chi connectivity index (χ4v) is 2.51. The van der Waals surface area contributed by atoms with Gasteiger partial charge in [-0.15, -0.1) is 0 Å². The molecule has 3 aromatic rings. The summed E-state index contributed by atoms with van der Waals surface area (Å²) in [6.45, 7) is 8.41. The van der Waals surface area contributed by atoms with E-state index in [1.165, 1.54) is 27.5 Å². The molecule has 2 nitrogen and oxygen atoms in total. The molecule has 0 unspecified atom stereocenters. The van der Waals surface area contributed by atoms with Crippen LogP contribution in [-0.4, -0.2) is 9.97 Å². The fraction of sp³-hybridized carbons (Fsp3) is 0.250. The maximum Gasteiger partial charge on any atom is 0.0970 e. The molecule has 0 aliphatic rings. The molecule has 0 saturated heterocycles. The number of hydrogen-bond donors (Lipinski definition) is 0. The monoisotopic (exact) mass is 236 g/mol. The summed E-state index contributed by atoms with van der Waals surface area (Å²) < 4.78 is 0. The average molecular weight is 236 g/mol. The Morgan fingerprint density at radius 2 is 1.56 bits per heavy atom. The Bertz CT molecular complexity index is 773. The third-order valence-electron chi connectivity index (χ3n) is 3.67. The van der Waals surface area contributed by atoms with Gasteiger partial charge in [0, 0.05) is 22.7 Å². The number of nitrogens with zero attached hydrogens (tertiary/aromatic N) is 2. The molecule has 0 N–H and O–H groups in total. The molecular weight excluding hydrogens is 220 g/mol. The minimum absolute atomic E-state index is 1.02. The smallest absolute Gasteiger partial charge is 0.0970 e. The van der Waals surface area contributed by atoms with Crippen LogP contribution in [-0.2, 0) is 0 Å². The predicted octanol–water partition coefficient (Wildman–Crippen LogP) is 4.02. The van der Waals surface area contributed by atoms with Crippen LogP contribution in [0, 0.1) is 27.7 Å². The van der Waals surface area contributed by atoms with Crippen molar-refractivity contribution in [3.05, 3.63) is 46.8 Å². The van der Waals surface area contributed by atoms with Gasteiger partial charge in [-0.25, -0.2) is 0 Å². The van der Waals surface area contributed by atoms with Crippen LogP contribution in [0.4, 0.5) is 0 Å². The van der Waals surface area contributed by atoms with Gasteiger partial charge in [-0.05, 0) is 50.5 Å². The zero-order valence-corrected chi connectivity index (χ0v) is 11.2. The Balaban J connectivity index is 2.58. The lowest BCUT2D eigenvalue weighted by molar-refractivity contribution is 1.22. The first-order valence-electron chi connectivity index (χ1n) is 6.21. The van der Waals surface area contributed by atoms with E-state index in [1.54, 1.807) is 0 Å². The molecule has 0 aliphatic carbocycles. The van der Waals surface area contributed by atoms with Crippen LogP contribution in [0.5, 0.6) is 0 Å². The lowest BCUT2D eigenvalue weighted by Gasteiger charge is -2.09. The Labute approximate surface area is 107 Å². The summed E-state index contributed by atoms with van der Waals surface area (Å²) in [7, 11) is 0. The molecule has 0 radical (unpaired) electrons. The molecule has 0 spiro atoms. The van der Waals surface area contributed by atoms with Gasteiger partial charge in [-0.3, -0.25) is 9.97 Å². The fourth-order valence-electron chi connectivity index (χ4n) is 2.51. The third kappa shape index (κ3) is 1.49. The first-order valence-corrected chi connectivity index (χ1v) is 6.21. The first-order chi connectivity index (χ1) is 8.58. The van der Waals surface area contributed by atoms with Crippen molar-refractivity contribution >= 4 is 21.8 Å². The first kappa shape index (κ1) is 11.1. The zero-order chi connectivity index (χ0) is 12.9. The van der Waals surface area contributed by atoms with Crippen molar-refractivity contribution in [1.82, 2.24) is 9.97 Å². The van der Waals surface area contributed by atoms with E-state index in [9.17, 15) is 0 Å². The molecule has 0 fully saturated rings. The quantitative estimate of drug-likeness (QED) is 0.551. The van der Waals surface area contributed by atoms with E-state index < -0.39 is 0 Å². The summed E-state index contributed by atoms with van der Waals surface area (Å²) in [5.74, 6) is 0. The normalized spacial score (nSPS) is 11.3. The van der Waals surface area contributed by atoms with E-state index in [1.807, 2.05) is 13.1 Å². The number of fused-ring (bicyclic) bond motifs is 3. The Kier molecular flexibility index (Phi) is 2.34. The maximum atomic E-state index is 4.67. The second kappa shape index (κ2) is 3.77. The topological polar surface area (TPSA) is 25.8 Å². The molecule has 0 atom stereocenters. The second-order valence-corrected chi connectivity index (χ2v) is 5.00. The summed E-state index contributed by atoms with van der Waals surface area (Å²) in [4.78, 5) is 9.26. The lowest BCUT2D eigenvalue weighted by Crippen LogP contribution is -1.93. The highest BCUT2D eigenvalue weighted by molar-refractivity contribution is 6.05. The van der Waals surface area contributed by atoms with Crippen LogP contribution in [0.15, 0.2) is 24.4 Å². The van der Waals surface area contributed by atoms with Crippen molar-refractivity contribution in [1.29, 1.82) is 0 Å². The van der Waals surface area contributed by atoms with Gasteiger partial charge in [0.05, 0.1) is 11.0 Å². The van der Waals surface area contributed by atoms with Gasteiger partial charge < -0.3 is 0 Å². The van der Waals surface area contributed by atoms with E-state index in [0.29, 0.717) is 0 Å². The molecule has 18 heavy (non-hydrogen) atoms. The van der Waals surface area contributed by atoms with Gasteiger partial charge in [0.2, 0.25) is 0 Å². The van der Waals surface area contributed by atoms with Crippen LogP contribution < -0.4 is 0 Å². The van der Waals surface area contributed by atoms with Crippen LogP contribution >= 0.6 is 0 Å². The van der Waals surface area contributed by atoms with Crippen molar-refractivity contribution in [3.63, 3.8) is 0 Å². The number of pyridine rings is 2. The van der Waals surface area contributed by atoms with E-state index in [2.05, 4.69) is 48.9 Å². The highest BCUT2D eigenvalue weighted by Gasteiger charge is 2.08. The molecule has 0 aliphatic heterocycles. The van der Waals surface area contributed by atoms with Gasteiger partial charge >= 0.3 is 0 Å². The largest absolute Gasteiger partial charge is 0.254 e. The summed E-state index contributed by atoms with van der Waals surface area (Å²) in [5.41, 5.74) is 6.87. The molecule has 1 aromatic carbocycles. The van der Waals surface area contributed by atoms with Gasteiger partial charge in [0.25, 0.3) is 0 Å². The van der Waals surface area contributed by atoms with E-state index in [0.717, 1.165) is 16.7 Å². The number of benzene rings is 1. The summed E-state index contributed by atoms with van der Waals surface area (Å²) in [6.07, 6.45) is 1.94. The number of aromatic nitrogens is 2. The number of rotatable bonds is 0. The maximum absolute atomic E-state index is 4.67. The second-order valence-electron chi connectivity index (χ2n) is 5.00. The highest BCUT2D eigenvalue weighted by atomic mass is 14.7. The van der Waals surface area contributed by atoms with E-state index in [4.69, 9.17) is 0 Å². The molecule has 0 saturated carbocycles. The van der Waals surface area contributed by atoms with Gasteiger partial charge in [-0.2, -0.15) is 0 Å². The number of hydrogen-bond acceptors (Lipinski definition) is 2. The third-order valence-corrected chi connectivity index (χ3v) is 3.67. The van der Waals surface area contributed by atoms with E-state index >= 15 is 0 Å². The van der Waals surface area contributed by atoms with Gasteiger partial charge in [0.15, 0.2) is 0 Å². The molecule has 2 heterocycles. The van der Waals surface area contributed by atoms with Gasteiger partial charge in [-0.1, -0.05) is 12.1 Å². The average Bonchev–Trinajstić information content (AvgIpc) is 2.33. The molecule has 2 aromatic heterocycles. The van der Waals surface area contributed by atoms with Gasteiger partial charge in [0.1, 0.15) is 0 Å². The summed E-state index contributed by atoms with van der Waals surface area (Å²) >= 11 is 0. The molecule has 0 amide bonds. The van der Waals surface area contributed by atoms with Crippen LogP contribution in [0.2, 0.25) is 0 Å². The minimum Gasteiger partial charge on any atom is -0.254 e. The Hall–Kier alpha value is -1.96. The standard InChI is InChI=1S/C16H16N2/c1-9-7-11(3)18-16-13(9)5-6-14-12(4)10(2)8-17-15(14)16/h5-8H,1-4H3. The Morgan fingerprint density at radius 1 is 0.833 bits per heavy atom. The molecule has 90 valence electrons. The van der Waals surface area contributed by atoms with Crippen molar-refractivity contribution in [3.8, 4) is 0 Å². The molecule has 3 rings (SSSR count). The van der Waals surface area contributed by atoms with Crippen LogP contribution in [0.25, 0.3) is 21.8 Å². The van der Waals surface area contributed by atoms with Crippen molar-refractivity contribution in [2.45, 2.75) is 27.7 Å². The zero-order valence-electron chi connectivity index (χ0n) is 11.2. The van der Waals surface area contributed by atoms with Crippen molar-refractivity contribution in [2.24, 2.45) is 0 Å². The molecular formula is C16H16N2. The number of aryl methyl sites for hydroxylation is 4. The van der Waals surface area contributed by atoms with Crippen LogP contribution in [0.3, 0.4) is 0 Å². The van der Waals surface area contributed by atoms with E-state index in [-0.39, 0.29) is 0 Å². The molecule has 2 heteroatoms. The predicted molar refractivity (Wildman–Crippen MR) is 76.0 cm³/mol.